The number of unbranched alkanes of at least 4 members (excludes halogenated alkanes) is 6. The molecule has 0 spiro atoms. The second kappa shape index (κ2) is 9.32. The quantitative estimate of drug-likeness (QED) is 0.198. The van der Waals surface area contributed by atoms with E-state index in [9.17, 15) is 30.7 Å². The van der Waals surface area contributed by atoms with E-state index < -0.39 is 18.0 Å². The maximum atomic E-state index is 13.4. The molecule has 0 nitrogen and oxygen atoms in total. The predicted octanol–water partition coefficient (Wildman–Crippen LogP) is 7.28. The molecule has 0 N–H and O–H groups in total. The number of hydrogen-bond donors (Lipinski definition) is 0. The molecule has 0 aliphatic rings. The minimum atomic E-state index is -6.01. The van der Waals surface area contributed by atoms with Crippen LogP contribution in [0.25, 0.3) is 0 Å². The summed E-state index contributed by atoms with van der Waals surface area (Å²) in [5, 5.41) is 0. The molecule has 0 atom stereocenters. The molecule has 0 heterocycles. The Hall–Kier alpha value is -0.0200. The first-order valence-corrected chi connectivity index (χ1v) is 8.23. The summed E-state index contributed by atoms with van der Waals surface area (Å²) >= 11 is 1.34. The molecule has 0 aromatic carbocycles. The van der Waals surface area contributed by atoms with Crippen LogP contribution in [-0.2, 0) is 0 Å². The molecule has 0 unspecified atom stereocenters. The van der Waals surface area contributed by atoms with Crippen molar-refractivity contribution in [3.8, 4) is 0 Å². The number of rotatable bonds is 9. The lowest BCUT2D eigenvalue weighted by Crippen LogP contribution is -2.51. The van der Waals surface area contributed by atoms with Crippen molar-refractivity contribution < 1.29 is 30.7 Å². The third-order valence-corrected chi connectivity index (χ3v) is 4.05. The van der Waals surface area contributed by atoms with Crippen molar-refractivity contribution >= 4 is 22.6 Å². The lowest BCUT2D eigenvalue weighted by atomic mass is 10.0. The topological polar surface area (TPSA) is 0 Å². The van der Waals surface area contributed by atoms with Crippen molar-refractivity contribution in [3.63, 3.8) is 0 Å². The summed E-state index contributed by atoms with van der Waals surface area (Å²) < 4.78 is 87.5. The van der Waals surface area contributed by atoms with Gasteiger partial charge in [-0.25, -0.2) is 4.39 Å². The van der Waals surface area contributed by atoms with Crippen molar-refractivity contribution in [1.29, 1.82) is 0 Å². The Bertz CT molecular complexity index is 330. The standard InChI is InChI=1S/C14H20F7I/c1-2-3-4-5-6-7-8-9-11(22)10-12(15,13(16,17)18)14(19,20)21/h10H,2-9H2,1H3. The number of hydrogen-bond acceptors (Lipinski definition) is 0. The van der Waals surface area contributed by atoms with Gasteiger partial charge in [-0.05, 0) is 45.1 Å². The molecule has 0 aromatic rings. The molecule has 0 bridgehead atoms. The van der Waals surface area contributed by atoms with E-state index in [2.05, 4.69) is 6.92 Å². The first-order chi connectivity index (χ1) is 9.95. The number of halogens is 8. The van der Waals surface area contributed by atoms with Gasteiger partial charge in [-0.2, -0.15) is 26.3 Å². The molecular weight excluding hydrogens is 428 g/mol. The Morgan fingerprint density at radius 3 is 1.59 bits per heavy atom. The average molecular weight is 448 g/mol. The van der Waals surface area contributed by atoms with Gasteiger partial charge in [0.1, 0.15) is 0 Å². The third-order valence-electron chi connectivity index (χ3n) is 3.20. The normalized spacial score (nSPS) is 14.5. The SMILES string of the molecule is CCCCCCCCCC(I)=CC(F)(C(F)(F)F)C(F)(F)F. The van der Waals surface area contributed by atoms with E-state index in [0.29, 0.717) is 12.8 Å². The Kier molecular flexibility index (Phi) is 9.31. The summed E-state index contributed by atoms with van der Waals surface area (Å²) in [6, 6.07) is 0. The van der Waals surface area contributed by atoms with Crippen LogP contribution in [0.3, 0.4) is 0 Å². The van der Waals surface area contributed by atoms with Crippen molar-refractivity contribution in [2.45, 2.75) is 76.3 Å². The van der Waals surface area contributed by atoms with Crippen molar-refractivity contribution in [3.05, 3.63) is 9.66 Å². The smallest absolute Gasteiger partial charge is 0.219 e. The second-order valence-corrected chi connectivity index (χ2v) is 6.56. The molecule has 0 fully saturated rings. The van der Waals surface area contributed by atoms with Crippen LogP contribution in [0.2, 0.25) is 0 Å². The van der Waals surface area contributed by atoms with Gasteiger partial charge in [0.05, 0.1) is 0 Å². The average Bonchev–Trinajstić information content (AvgIpc) is 2.35. The molecule has 22 heavy (non-hydrogen) atoms. The molecule has 0 saturated carbocycles. The van der Waals surface area contributed by atoms with Crippen molar-refractivity contribution in [2.24, 2.45) is 0 Å². The highest BCUT2D eigenvalue weighted by molar-refractivity contribution is 14.1. The fourth-order valence-corrected chi connectivity index (χ4v) is 2.67. The van der Waals surface area contributed by atoms with Crippen LogP contribution in [0.1, 0.15) is 58.3 Å². The van der Waals surface area contributed by atoms with E-state index in [4.69, 9.17) is 0 Å². The van der Waals surface area contributed by atoms with E-state index in [1.165, 1.54) is 22.6 Å². The van der Waals surface area contributed by atoms with Gasteiger partial charge >= 0.3 is 18.0 Å². The van der Waals surface area contributed by atoms with Crippen LogP contribution in [0, 0.1) is 0 Å². The monoisotopic (exact) mass is 448 g/mol. The van der Waals surface area contributed by atoms with Crippen molar-refractivity contribution in [2.75, 3.05) is 0 Å². The van der Waals surface area contributed by atoms with Gasteiger partial charge in [0.25, 0.3) is 0 Å². The molecule has 0 rings (SSSR count). The first-order valence-electron chi connectivity index (χ1n) is 7.15. The van der Waals surface area contributed by atoms with Gasteiger partial charge in [-0.1, -0.05) is 45.4 Å². The highest BCUT2D eigenvalue weighted by Gasteiger charge is 2.71. The molecule has 0 aromatic heterocycles. The summed E-state index contributed by atoms with van der Waals surface area (Å²) in [6.45, 7) is 2.07. The van der Waals surface area contributed by atoms with E-state index in [0.717, 1.165) is 32.1 Å². The summed E-state index contributed by atoms with van der Waals surface area (Å²) in [5.41, 5.74) is -5.28. The largest absolute Gasteiger partial charge is 0.435 e. The Labute approximate surface area is 139 Å². The lowest BCUT2D eigenvalue weighted by Gasteiger charge is -2.27. The van der Waals surface area contributed by atoms with Crippen LogP contribution in [0.15, 0.2) is 9.66 Å². The van der Waals surface area contributed by atoms with Crippen LogP contribution >= 0.6 is 22.6 Å². The molecule has 0 radical (unpaired) electrons. The van der Waals surface area contributed by atoms with Crippen LogP contribution in [-0.4, -0.2) is 18.0 Å². The molecule has 0 saturated heterocycles. The molecule has 132 valence electrons. The number of allylic oxidation sites excluding steroid dienone is 2. The highest BCUT2D eigenvalue weighted by Crippen LogP contribution is 2.48. The summed E-state index contributed by atoms with van der Waals surface area (Å²) in [7, 11) is 0. The summed E-state index contributed by atoms with van der Waals surface area (Å²) in [5.74, 6) is 0. The van der Waals surface area contributed by atoms with Gasteiger partial charge in [0, 0.05) is 0 Å². The van der Waals surface area contributed by atoms with Crippen LogP contribution in [0.4, 0.5) is 30.7 Å². The van der Waals surface area contributed by atoms with Crippen molar-refractivity contribution in [1.82, 2.24) is 0 Å². The Morgan fingerprint density at radius 1 is 0.773 bits per heavy atom. The zero-order valence-electron chi connectivity index (χ0n) is 12.3. The zero-order chi connectivity index (χ0) is 17.4. The van der Waals surface area contributed by atoms with Gasteiger partial charge in [-0.3, -0.25) is 0 Å². The second-order valence-electron chi connectivity index (χ2n) is 5.17. The number of alkyl halides is 7. The van der Waals surface area contributed by atoms with E-state index in [1.807, 2.05) is 0 Å². The Morgan fingerprint density at radius 2 is 1.18 bits per heavy atom. The van der Waals surface area contributed by atoms with Gasteiger partial charge < -0.3 is 0 Å². The minimum Gasteiger partial charge on any atom is -0.219 e. The van der Waals surface area contributed by atoms with Crippen LogP contribution in [0.5, 0.6) is 0 Å². The zero-order valence-corrected chi connectivity index (χ0v) is 14.4. The Balaban J connectivity index is 4.49. The molecule has 0 amide bonds. The van der Waals surface area contributed by atoms with Gasteiger partial charge in [0.2, 0.25) is 0 Å². The fourth-order valence-electron chi connectivity index (χ4n) is 1.86. The molecule has 0 aliphatic carbocycles. The van der Waals surface area contributed by atoms with E-state index in [-0.39, 0.29) is 16.1 Å². The van der Waals surface area contributed by atoms with E-state index in [1.54, 1.807) is 0 Å². The molecule has 0 aliphatic heterocycles. The maximum Gasteiger partial charge on any atom is 0.435 e. The summed E-state index contributed by atoms with van der Waals surface area (Å²) in [6.07, 6.45) is -6.05. The first kappa shape index (κ1) is 22.0. The highest BCUT2D eigenvalue weighted by atomic mass is 127. The van der Waals surface area contributed by atoms with E-state index >= 15 is 0 Å². The predicted molar refractivity (Wildman–Crippen MR) is 80.7 cm³/mol. The maximum absolute atomic E-state index is 13.4. The molecular formula is C14H20F7I. The van der Waals surface area contributed by atoms with Gasteiger partial charge in [0.15, 0.2) is 0 Å². The van der Waals surface area contributed by atoms with Gasteiger partial charge in [-0.15, -0.1) is 0 Å². The summed E-state index contributed by atoms with van der Waals surface area (Å²) in [4.78, 5) is 0. The minimum absolute atomic E-state index is 0.0200. The molecule has 8 heteroatoms. The van der Waals surface area contributed by atoms with Crippen LogP contribution < -0.4 is 0 Å². The fraction of sp³-hybridized carbons (Fsp3) is 0.857. The lowest BCUT2D eigenvalue weighted by molar-refractivity contribution is -0.322. The third kappa shape index (κ3) is 7.04.